The molecule has 3 heteroatoms. The first-order valence-corrected chi connectivity index (χ1v) is 4.38. The lowest BCUT2D eigenvalue weighted by Gasteiger charge is -2.26. The Morgan fingerprint density at radius 1 is 1.54 bits per heavy atom. The third-order valence-corrected chi connectivity index (χ3v) is 2.22. The molecule has 13 heavy (non-hydrogen) atoms. The van der Waals surface area contributed by atoms with Crippen molar-refractivity contribution in [1.82, 2.24) is 4.90 Å². The molecule has 72 valence electrons. The number of nitrogens with zero attached hydrogens (tertiary/aromatic N) is 1. The Kier molecular flexibility index (Phi) is 2.55. The van der Waals surface area contributed by atoms with Crippen molar-refractivity contribution in [3.05, 3.63) is 12.7 Å². The van der Waals surface area contributed by atoms with Crippen molar-refractivity contribution in [3.8, 4) is 0 Å². The summed E-state index contributed by atoms with van der Waals surface area (Å²) in [7, 11) is 0. The highest BCUT2D eigenvalue weighted by Crippen LogP contribution is 2.20. The minimum absolute atomic E-state index is 0.0184. The van der Waals surface area contributed by atoms with Crippen molar-refractivity contribution in [2.24, 2.45) is 5.41 Å². The summed E-state index contributed by atoms with van der Waals surface area (Å²) in [4.78, 5) is 23.8. The molecule has 0 aliphatic carbocycles. The van der Waals surface area contributed by atoms with Gasteiger partial charge in [-0.2, -0.15) is 0 Å². The van der Waals surface area contributed by atoms with E-state index in [1.807, 2.05) is 19.9 Å². The van der Waals surface area contributed by atoms with Gasteiger partial charge in [0.25, 0.3) is 0 Å². The molecule has 0 aromatic heterocycles. The number of hydrogen-bond acceptors (Lipinski definition) is 2. The maximum Gasteiger partial charge on any atom is 0.230 e. The van der Waals surface area contributed by atoms with Crippen molar-refractivity contribution in [3.63, 3.8) is 0 Å². The van der Waals surface area contributed by atoms with Gasteiger partial charge in [-0.25, -0.2) is 0 Å². The van der Waals surface area contributed by atoms with E-state index in [1.165, 1.54) is 0 Å². The molecule has 1 aliphatic rings. The van der Waals surface area contributed by atoms with Crippen LogP contribution in [0.5, 0.6) is 0 Å². The number of likely N-dealkylation sites (tertiary alicyclic amines) is 1. The van der Waals surface area contributed by atoms with Crippen LogP contribution in [0.25, 0.3) is 0 Å². The van der Waals surface area contributed by atoms with Crippen LogP contribution in [-0.2, 0) is 9.59 Å². The van der Waals surface area contributed by atoms with Gasteiger partial charge in [0, 0.05) is 6.54 Å². The van der Waals surface area contributed by atoms with Gasteiger partial charge >= 0.3 is 0 Å². The minimum Gasteiger partial charge on any atom is -0.334 e. The van der Waals surface area contributed by atoms with E-state index in [4.69, 9.17) is 0 Å². The van der Waals surface area contributed by atoms with Gasteiger partial charge in [0.2, 0.25) is 5.91 Å². The number of Topliss-reactive ketones (excluding diaryl/α,β-unsaturated/α-hetero) is 1. The summed E-state index contributed by atoms with van der Waals surface area (Å²) in [6, 6.07) is 0. The minimum atomic E-state index is -0.111. The molecule has 0 aromatic rings. The molecule has 1 heterocycles. The van der Waals surface area contributed by atoms with Crippen LogP contribution in [0, 0.1) is 5.41 Å². The number of carbonyl (C=O) groups excluding carboxylic acids is 2. The van der Waals surface area contributed by atoms with Gasteiger partial charge < -0.3 is 4.90 Å². The van der Waals surface area contributed by atoms with E-state index in [0.29, 0.717) is 6.54 Å². The number of rotatable bonds is 3. The van der Waals surface area contributed by atoms with Crippen LogP contribution in [0.15, 0.2) is 12.7 Å². The molecule has 1 saturated heterocycles. The van der Waals surface area contributed by atoms with Crippen LogP contribution in [0.4, 0.5) is 0 Å². The SMILES string of the molecule is C=CC(C)(C)CN1CC(=O)CC1=O. The predicted octanol–water partition coefficient (Wildman–Crippen LogP) is 1.00. The van der Waals surface area contributed by atoms with E-state index < -0.39 is 0 Å². The molecule has 1 aliphatic heterocycles. The molecule has 0 saturated carbocycles. The highest BCUT2D eigenvalue weighted by atomic mass is 16.2. The lowest BCUT2D eigenvalue weighted by Crippen LogP contribution is -2.34. The zero-order valence-electron chi connectivity index (χ0n) is 8.17. The Morgan fingerprint density at radius 3 is 2.54 bits per heavy atom. The van der Waals surface area contributed by atoms with Crippen molar-refractivity contribution in [2.75, 3.05) is 13.1 Å². The first-order valence-electron chi connectivity index (χ1n) is 4.38. The van der Waals surface area contributed by atoms with E-state index in [0.717, 1.165) is 0 Å². The van der Waals surface area contributed by atoms with E-state index in [9.17, 15) is 9.59 Å². The van der Waals surface area contributed by atoms with E-state index in [1.54, 1.807) is 4.90 Å². The average molecular weight is 181 g/mol. The predicted molar refractivity (Wildman–Crippen MR) is 50.2 cm³/mol. The smallest absolute Gasteiger partial charge is 0.230 e. The Labute approximate surface area is 78.4 Å². The Bertz CT molecular complexity index is 256. The molecular weight excluding hydrogens is 166 g/mol. The lowest BCUT2D eigenvalue weighted by atomic mass is 9.93. The molecule has 0 bridgehead atoms. The Morgan fingerprint density at radius 2 is 2.15 bits per heavy atom. The quantitative estimate of drug-likeness (QED) is 0.481. The van der Waals surface area contributed by atoms with Crippen LogP contribution in [0.1, 0.15) is 20.3 Å². The fourth-order valence-corrected chi connectivity index (χ4v) is 1.34. The molecule has 1 fully saturated rings. The molecule has 3 nitrogen and oxygen atoms in total. The second kappa shape index (κ2) is 3.32. The normalized spacial score (nSPS) is 18.2. The zero-order valence-corrected chi connectivity index (χ0v) is 8.17. The Balaban J connectivity index is 2.60. The molecule has 0 spiro atoms. The van der Waals surface area contributed by atoms with E-state index >= 15 is 0 Å². The van der Waals surface area contributed by atoms with Gasteiger partial charge in [-0.15, -0.1) is 6.58 Å². The van der Waals surface area contributed by atoms with Crippen molar-refractivity contribution >= 4 is 11.7 Å². The van der Waals surface area contributed by atoms with Crippen molar-refractivity contribution in [1.29, 1.82) is 0 Å². The summed E-state index contributed by atoms with van der Waals surface area (Å²) in [5, 5.41) is 0. The first-order chi connectivity index (χ1) is 5.94. The second-order valence-electron chi connectivity index (χ2n) is 4.16. The maximum atomic E-state index is 11.2. The highest BCUT2D eigenvalue weighted by Gasteiger charge is 2.30. The van der Waals surface area contributed by atoms with Crippen LogP contribution in [0.2, 0.25) is 0 Å². The molecule has 1 amide bonds. The fraction of sp³-hybridized carbons (Fsp3) is 0.600. The van der Waals surface area contributed by atoms with Crippen LogP contribution in [0.3, 0.4) is 0 Å². The number of amides is 1. The third-order valence-electron chi connectivity index (χ3n) is 2.22. The largest absolute Gasteiger partial charge is 0.334 e. The second-order valence-corrected chi connectivity index (χ2v) is 4.16. The molecule has 0 atom stereocenters. The molecule has 0 radical (unpaired) electrons. The summed E-state index contributed by atoms with van der Waals surface area (Å²) in [5.41, 5.74) is -0.111. The lowest BCUT2D eigenvalue weighted by molar-refractivity contribution is -0.128. The van der Waals surface area contributed by atoms with Gasteiger partial charge in [-0.1, -0.05) is 19.9 Å². The van der Waals surface area contributed by atoms with Gasteiger partial charge in [0.1, 0.15) is 0 Å². The average Bonchev–Trinajstić information content (AvgIpc) is 2.30. The van der Waals surface area contributed by atoms with Crippen molar-refractivity contribution < 1.29 is 9.59 Å². The van der Waals surface area contributed by atoms with Gasteiger partial charge in [-0.3, -0.25) is 9.59 Å². The topological polar surface area (TPSA) is 37.4 Å². The number of hydrogen-bond donors (Lipinski definition) is 0. The number of ketones is 1. The van der Waals surface area contributed by atoms with Gasteiger partial charge in [0.15, 0.2) is 5.78 Å². The number of carbonyl (C=O) groups is 2. The standard InChI is InChI=1S/C10H15NO2/c1-4-10(2,3)7-11-6-8(12)5-9(11)13/h4H,1,5-7H2,2-3H3. The summed E-state index contributed by atoms with van der Waals surface area (Å²) >= 11 is 0. The molecule has 0 unspecified atom stereocenters. The molecule has 0 N–H and O–H groups in total. The van der Waals surface area contributed by atoms with Crippen molar-refractivity contribution in [2.45, 2.75) is 20.3 Å². The van der Waals surface area contributed by atoms with E-state index in [2.05, 4.69) is 6.58 Å². The van der Waals surface area contributed by atoms with Crippen LogP contribution >= 0.6 is 0 Å². The van der Waals surface area contributed by atoms with Crippen LogP contribution < -0.4 is 0 Å². The summed E-state index contributed by atoms with van der Waals surface area (Å²) in [6.07, 6.45) is 1.89. The van der Waals surface area contributed by atoms with Gasteiger partial charge in [0.05, 0.1) is 13.0 Å². The monoisotopic (exact) mass is 181 g/mol. The summed E-state index contributed by atoms with van der Waals surface area (Å²) in [6.45, 7) is 8.55. The Hall–Kier alpha value is -1.12. The molecule has 0 aromatic carbocycles. The van der Waals surface area contributed by atoms with E-state index in [-0.39, 0.29) is 30.1 Å². The summed E-state index contributed by atoms with van der Waals surface area (Å²) in [5.74, 6) is -0.0372. The van der Waals surface area contributed by atoms with Gasteiger partial charge in [-0.05, 0) is 5.41 Å². The third kappa shape index (κ3) is 2.41. The summed E-state index contributed by atoms with van der Waals surface area (Å²) < 4.78 is 0. The molecular formula is C10H15NO2. The highest BCUT2D eigenvalue weighted by molar-refractivity contribution is 6.05. The fourth-order valence-electron chi connectivity index (χ4n) is 1.34. The first kappa shape index (κ1) is 9.96. The van der Waals surface area contributed by atoms with Crippen LogP contribution in [-0.4, -0.2) is 29.7 Å². The zero-order chi connectivity index (χ0) is 10.1. The molecule has 1 rings (SSSR count). The maximum absolute atomic E-state index is 11.2.